The number of carbonyl (C=O) groups is 3. The van der Waals surface area contributed by atoms with Gasteiger partial charge in [-0.2, -0.15) is 0 Å². The van der Waals surface area contributed by atoms with Crippen molar-refractivity contribution >= 4 is 17.8 Å². The number of fused-ring (bicyclic) bond motifs is 1. The molecule has 6 heteroatoms. The third-order valence-electron chi connectivity index (χ3n) is 5.39. The van der Waals surface area contributed by atoms with Gasteiger partial charge in [-0.1, -0.05) is 31.2 Å². The van der Waals surface area contributed by atoms with E-state index in [-0.39, 0.29) is 11.8 Å². The van der Waals surface area contributed by atoms with Gasteiger partial charge in [0.05, 0.1) is 18.9 Å². The molecule has 2 aliphatic rings. The zero-order chi connectivity index (χ0) is 17.6. The van der Waals surface area contributed by atoms with Crippen LogP contribution in [0.1, 0.15) is 31.0 Å². The van der Waals surface area contributed by atoms with E-state index in [2.05, 4.69) is 5.32 Å². The van der Waals surface area contributed by atoms with Gasteiger partial charge in [0.1, 0.15) is 5.54 Å². The predicted molar refractivity (Wildman–Crippen MR) is 86.9 cm³/mol. The summed E-state index contributed by atoms with van der Waals surface area (Å²) in [5.74, 6) is -2.45. The van der Waals surface area contributed by atoms with Crippen molar-refractivity contribution in [2.24, 2.45) is 11.8 Å². The first-order chi connectivity index (χ1) is 11.4. The largest absolute Gasteiger partial charge is 0.468 e. The van der Waals surface area contributed by atoms with Crippen LogP contribution < -0.4 is 5.32 Å². The van der Waals surface area contributed by atoms with Crippen molar-refractivity contribution in [3.05, 3.63) is 35.4 Å². The van der Waals surface area contributed by atoms with Gasteiger partial charge in [0.2, 0.25) is 11.8 Å². The summed E-state index contributed by atoms with van der Waals surface area (Å²) < 4.78 is 4.92. The van der Waals surface area contributed by atoms with Gasteiger partial charge in [-0.25, -0.2) is 0 Å². The van der Waals surface area contributed by atoms with Crippen LogP contribution >= 0.6 is 0 Å². The van der Waals surface area contributed by atoms with Gasteiger partial charge in [0.15, 0.2) is 0 Å². The summed E-state index contributed by atoms with van der Waals surface area (Å²) in [4.78, 5) is 38.9. The molecule has 6 nitrogen and oxygen atoms in total. The number of carbonyl (C=O) groups excluding carboxylic acids is 3. The number of esters is 1. The molecule has 2 heterocycles. The van der Waals surface area contributed by atoms with Gasteiger partial charge in [-0.05, 0) is 24.5 Å². The van der Waals surface area contributed by atoms with Crippen LogP contribution in [-0.2, 0) is 25.5 Å². The lowest BCUT2D eigenvalue weighted by atomic mass is 9.80. The zero-order valence-electron chi connectivity index (χ0n) is 14.3. The van der Waals surface area contributed by atoms with Crippen molar-refractivity contribution in [2.45, 2.75) is 31.8 Å². The minimum Gasteiger partial charge on any atom is -0.468 e. The number of benzene rings is 1. The fraction of sp³-hybridized carbons (Fsp3) is 0.500. The molecule has 2 aliphatic heterocycles. The molecule has 2 fully saturated rings. The highest BCUT2D eigenvalue weighted by molar-refractivity contribution is 6.09. The van der Waals surface area contributed by atoms with Crippen LogP contribution in [0.5, 0.6) is 0 Å². The van der Waals surface area contributed by atoms with Crippen molar-refractivity contribution in [2.75, 3.05) is 14.2 Å². The number of amides is 2. The van der Waals surface area contributed by atoms with Gasteiger partial charge < -0.3 is 4.74 Å². The van der Waals surface area contributed by atoms with Crippen LogP contribution in [0.4, 0.5) is 0 Å². The number of nitrogens with one attached hydrogen (secondary N) is 1. The van der Waals surface area contributed by atoms with Gasteiger partial charge in [-0.3, -0.25) is 24.6 Å². The van der Waals surface area contributed by atoms with Gasteiger partial charge in [0.25, 0.3) is 0 Å². The molecule has 0 aromatic heterocycles. The molecule has 2 amide bonds. The smallest absolute Gasteiger partial charge is 0.326 e. The monoisotopic (exact) mass is 330 g/mol. The maximum Gasteiger partial charge on any atom is 0.326 e. The fourth-order valence-corrected chi connectivity index (χ4v) is 4.11. The average Bonchev–Trinajstić information content (AvgIpc) is 3.04. The van der Waals surface area contributed by atoms with Crippen LogP contribution in [0.3, 0.4) is 0 Å². The number of aryl methyl sites for hydroxylation is 1. The second-order valence-corrected chi connectivity index (χ2v) is 6.61. The molecule has 1 aromatic rings. The van der Waals surface area contributed by atoms with E-state index in [0.717, 1.165) is 22.4 Å². The topological polar surface area (TPSA) is 75.7 Å². The van der Waals surface area contributed by atoms with E-state index in [4.69, 9.17) is 4.74 Å². The molecule has 0 radical (unpaired) electrons. The number of likely N-dealkylation sites (tertiary alicyclic amines) is 1. The van der Waals surface area contributed by atoms with E-state index in [1.807, 2.05) is 31.2 Å². The lowest BCUT2D eigenvalue weighted by molar-refractivity contribution is -0.152. The lowest BCUT2D eigenvalue weighted by Gasteiger charge is -2.28. The molecular formula is C18H22N2O4. The highest BCUT2D eigenvalue weighted by Crippen LogP contribution is 2.49. The maximum absolute atomic E-state index is 12.7. The molecule has 1 aromatic carbocycles. The zero-order valence-corrected chi connectivity index (χ0v) is 14.3. The van der Waals surface area contributed by atoms with E-state index in [1.54, 1.807) is 6.92 Å². The van der Waals surface area contributed by atoms with Crippen molar-refractivity contribution < 1.29 is 19.1 Å². The Balaban J connectivity index is 2.14. The molecule has 0 saturated carbocycles. The number of rotatable bonds is 3. The molecule has 24 heavy (non-hydrogen) atoms. The molecule has 4 atom stereocenters. The number of ether oxygens (including phenoxy) is 1. The summed E-state index contributed by atoms with van der Waals surface area (Å²) in [6.45, 7) is 3.69. The summed E-state index contributed by atoms with van der Waals surface area (Å²) in [5.41, 5.74) is 0.833. The number of methoxy groups -OCH3 is 1. The van der Waals surface area contributed by atoms with Crippen LogP contribution in [-0.4, -0.2) is 42.4 Å². The van der Waals surface area contributed by atoms with Gasteiger partial charge in [-0.15, -0.1) is 0 Å². The second-order valence-electron chi connectivity index (χ2n) is 6.61. The Morgan fingerprint density at radius 3 is 2.58 bits per heavy atom. The quantitative estimate of drug-likeness (QED) is 0.662. The highest BCUT2D eigenvalue weighted by atomic mass is 16.5. The van der Waals surface area contributed by atoms with Crippen LogP contribution in [0.2, 0.25) is 0 Å². The van der Waals surface area contributed by atoms with Crippen LogP contribution in [0.15, 0.2) is 24.3 Å². The predicted octanol–water partition coefficient (Wildman–Crippen LogP) is 1.06. The number of hydrogen-bond donors (Lipinski definition) is 1. The van der Waals surface area contributed by atoms with Crippen LogP contribution in [0.25, 0.3) is 0 Å². The number of hydrogen-bond acceptors (Lipinski definition) is 5. The highest BCUT2D eigenvalue weighted by Gasteiger charge is 2.66. The molecule has 0 unspecified atom stereocenters. The SMILES string of the molecule is CCc1ccccc1[C@@H]1N[C@](C)(C(=O)OC)[C@@H]2C(=O)N(C)C(=O)[C@@H]21. The summed E-state index contributed by atoms with van der Waals surface area (Å²) in [7, 11) is 2.77. The molecule has 3 rings (SSSR count). The summed E-state index contributed by atoms with van der Waals surface area (Å²) >= 11 is 0. The van der Waals surface area contributed by atoms with Gasteiger partial charge >= 0.3 is 5.97 Å². The Bertz CT molecular complexity index is 717. The molecule has 1 N–H and O–H groups in total. The molecule has 0 aliphatic carbocycles. The van der Waals surface area contributed by atoms with E-state index in [1.165, 1.54) is 14.2 Å². The number of imide groups is 1. The van der Waals surface area contributed by atoms with Crippen molar-refractivity contribution in [1.82, 2.24) is 10.2 Å². The Morgan fingerprint density at radius 1 is 1.29 bits per heavy atom. The fourth-order valence-electron chi connectivity index (χ4n) is 4.11. The lowest BCUT2D eigenvalue weighted by Crippen LogP contribution is -2.53. The minimum atomic E-state index is -1.22. The molecule has 0 bridgehead atoms. The van der Waals surface area contributed by atoms with Crippen molar-refractivity contribution in [3.8, 4) is 0 Å². The Kier molecular flexibility index (Phi) is 3.95. The summed E-state index contributed by atoms with van der Waals surface area (Å²) in [6.07, 6.45) is 0.804. The molecular weight excluding hydrogens is 308 g/mol. The average molecular weight is 330 g/mol. The normalized spacial score (nSPS) is 32.2. The first-order valence-electron chi connectivity index (χ1n) is 8.12. The Labute approximate surface area is 141 Å². The molecule has 128 valence electrons. The van der Waals surface area contributed by atoms with E-state index in [0.29, 0.717) is 0 Å². The number of nitrogens with zero attached hydrogens (tertiary/aromatic N) is 1. The van der Waals surface area contributed by atoms with E-state index >= 15 is 0 Å². The standard InChI is InChI=1S/C18H22N2O4/c1-5-10-8-6-7-9-11(10)14-12-13(16(22)20(3)15(12)21)18(2,19-14)17(23)24-4/h6-9,12-14,19H,5H2,1-4H3/t12-,13-,14-,18-/m0/s1. The van der Waals surface area contributed by atoms with E-state index < -0.39 is 29.4 Å². The maximum atomic E-state index is 12.7. The summed E-state index contributed by atoms with van der Waals surface area (Å²) in [6, 6.07) is 7.42. The van der Waals surface area contributed by atoms with Crippen LogP contribution in [0, 0.1) is 11.8 Å². The Hall–Kier alpha value is -2.21. The van der Waals surface area contributed by atoms with Gasteiger partial charge in [0, 0.05) is 13.1 Å². The molecule has 0 spiro atoms. The first-order valence-corrected chi connectivity index (χ1v) is 8.12. The van der Waals surface area contributed by atoms with E-state index in [9.17, 15) is 14.4 Å². The minimum absolute atomic E-state index is 0.249. The third kappa shape index (κ3) is 2.09. The Morgan fingerprint density at radius 2 is 1.96 bits per heavy atom. The first kappa shape index (κ1) is 16.6. The van der Waals surface area contributed by atoms with Crippen molar-refractivity contribution in [3.63, 3.8) is 0 Å². The second kappa shape index (κ2) is 5.70. The third-order valence-corrected chi connectivity index (χ3v) is 5.39. The van der Waals surface area contributed by atoms with Crippen molar-refractivity contribution in [1.29, 1.82) is 0 Å². The summed E-state index contributed by atoms with van der Waals surface area (Å²) in [5, 5.41) is 3.25. The molecule has 2 saturated heterocycles.